The quantitative estimate of drug-likeness (QED) is 0.878. The van der Waals surface area contributed by atoms with Gasteiger partial charge in [-0.05, 0) is 39.2 Å². The molecule has 0 bridgehead atoms. The van der Waals surface area contributed by atoms with Gasteiger partial charge in [-0.2, -0.15) is 0 Å². The summed E-state index contributed by atoms with van der Waals surface area (Å²) in [6.07, 6.45) is 2.59. The van der Waals surface area contributed by atoms with Crippen molar-refractivity contribution >= 4 is 17.4 Å². The summed E-state index contributed by atoms with van der Waals surface area (Å²) in [5.74, 6) is 0.767. The van der Waals surface area contributed by atoms with Crippen LogP contribution < -0.4 is 10.6 Å². The number of carbonyl (C=O) groups excluding carboxylic acids is 1. The highest BCUT2D eigenvalue weighted by Gasteiger charge is 2.21. The molecule has 0 unspecified atom stereocenters. The number of amides is 2. The minimum Gasteiger partial charge on any atom is -0.337 e. The molecule has 0 aromatic carbocycles. The number of aromatic nitrogens is 1. The molecule has 1 fully saturated rings. The van der Waals surface area contributed by atoms with Gasteiger partial charge in [0.25, 0.3) is 0 Å². The monoisotopic (exact) mass is 310 g/mol. The van der Waals surface area contributed by atoms with Crippen molar-refractivity contribution in [1.29, 1.82) is 0 Å². The summed E-state index contributed by atoms with van der Waals surface area (Å²) < 4.78 is 0. The molecule has 0 radical (unpaired) electrons. The number of urea groups is 1. The first kappa shape index (κ1) is 16.2. The van der Waals surface area contributed by atoms with Crippen LogP contribution in [0, 0.1) is 12.8 Å². The van der Waals surface area contributed by atoms with Crippen LogP contribution in [-0.2, 0) is 6.54 Å². The smallest absolute Gasteiger partial charge is 0.315 e. The number of hydrogen-bond acceptors (Lipinski definition) is 4. The van der Waals surface area contributed by atoms with E-state index in [1.807, 2.05) is 12.3 Å². The van der Waals surface area contributed by atoms with Gasteiger partial charge in [0, 0.05) is 30.2 Å². The maximum absolute atomic E-state index is 11.8. The molecule has 1 saturated heterocycles. The van der Waals surface area contributed by atoms with Gasteiger partial charge in [-0.3, -0.25) is 4.90 Å². The number of likely N-dealkylation sites (tertiary alicyclic amines) is 1. The third-order valence-corrected chi connectivity index (χ3v) is 4.90. The second-order valence-electron chi connectivity index (χ2n) is 6.04. The Morgan fingerprint density at radius 2 is 2.38 bits per heavy atom. The molecule has 2 amide bonds. The van der Waals surface area contributed by atoms with Gasteiger partial charge in [0.15, 0.2) is 0 Å². The van der Waals surface area contributed by atoms with Crippen molar-refractivity contribution in [1.82, 2.24) is 20.5 Å². The topological polar surface area (TPSA) is 57.3 Å². The Morgan fingerprint density at radius 1 is 1.57 bits per heavy atom. The molecule has 0 spiro atoms. The first-order valence-corrected chi connectivity index (χ1v) is 8.59. The summed E-state index contributed by atoms with van der Waals surface area (Å²) in [4.78, 5) is 18.6. The lowest BCUT2D eigenvalue weighted by Crippen LogP contribution is -2.48. The minimum absolute atomic E-state index is 0.111. The molecule has 2 heterocycles. The highest BCUT2D eigenvalue weighted by molar-refractivity contribution is 7.09. The molecule has 1 aromatic rings. The van der Waals surface area contributed by atoms with Crippen molar-refractivity contribution in [2.75, 3.05) is 19.6 Å². The zero-order chi connectivity index (χ0) is 15.2. The zero-order valence-corrected chi connectivity index (χ0v) is 14.0. The van der Waals surface area contributed by atoms with E-state index in [9.17, 15) is 4.79 Å². The fraction of sp³-hybridized carbons (Fsp3) is 0.733. The maximum Gasteiger partial charge on any atom is 0.315 e. The number of carbonyl (C=O) groups is 1. The largest absolute Gasteiger partial charge is 0.337 e. The number of nitrogens with one attached hydrogen (secondary N) is 2. The molecule has 2 rings (SSSR count). The van der Waals surface area contributed by atoms with E-state index in [1.165, 1.54) is 12.8 Å². The molecule has 21 heavy (non-hydrogen) atoms. The SMILES string of the molecule is Cc1csc(CNC(=O)NC[C@H](C)N2CCC[C@@H](C)C2)n1. The second kappa shape index (κ2) is 7.75. The van der Waals surface area contributed by atoms with Crippen molar-refractivity contribution in [3.8, 4) is 0 Å². The highest BCUT2D eigenvalue weighted by Crippen LogP contribution is 2.17. The van der Waals surface area contributed by atoms with E-state index in [0.29, 0.717) is 19.1 Å². The van der Waals surface area contributed by atoms with Crippen molar-refractivity contribution in [3.63, 3.8) is 0 Å². The normalized spacial score (nSPS) is 21.0. The van der Waals surface area contributed by atoms with Crippen LogP contribution in [-0.4, -0.2) is 41.6 Å². The van der Waals surface area contributed by atoms with Gasteiger partial charge in [0.05, 0.1) is 6.54 Å². The molecule has 2 N–H and O–H groups in total. The van der Waals surface area contributed by atoms with E-state index in [1.54, 1.807) is 11.3 Å². The first-order valence-electron chi connectivity index (χ1n) is 7.71. The maximum atomic E-state index is 11.8. The fourth-order valence-corrected chi connectivity index (χ4v) is 3.41. The fourth-order valence-electron chi connectivity index (χ4n) is 2.70. The molecule has 2 atom stereocenters. The Kier molecular flexibility index (Phi) is 5.99. The summed E-state index contributed by atoms with van der Waals surface area (Å²) in [6, 6.07) is 0.278. The molecule has 5 nitrogen and oxygen atoms in total. The molecule has 118 valence electrons. The van der Waals surface area contributed by atoms with Crippen LogP contribution in [0.4, 0.5) is 4.79 Å². The Labute approximate surface area is 131 Å². The van der Waals surface area contributed by atoms with Gasteiger partial charge in [0.2, 0.25) is 0 Å². The van der Waals surface area contributed by atoms with E-state index < -0.39 is 0 Å². The summed E-state index contributed by atoms with van der Waals surface area (Å²) in [6.45, 7) is 9.92. The van der Waals surface area contributed by atoms with Crippen molar-refractivity contribution in [2.45, 2.75) is 46.2 Å². The predicted molar refractivity (Wildman–Crippen MR) is 86.5 cm³/mol. The Balaban J connectivity index is 1.66. The number of piperidine rings is 1. The van der Waals surface area contributed by atoms with Crippen LogP contribution in [0.3, 0.4) is 0 Å². The Bertz CT molecular complexity index is 462. The molecule has 1 aliphatic heterocycles. The molecule has 0 saturated carbocycles. The van der Waals surface area contributed by atoms with Crippen LogP contribution in [0.5, 0.6) is 0 Å². The van der Waals surface area contributed by atoms with Gasteiger partial charge < -0.3 is 10.6 Å². The van der Waals surface area contributed by atoms with Crippen molar-refractivity contribution in [2.24, 2.45) is 5.92 Å². The molecule has 1 aromatic heterocycles. The average molecular weight is 310 g/mol. The Morgan fingerprint density at radius 3 is 3.05 bits per heavy atom. The lowest BCUT2D eigenvalue weighted by molar-refractivity contribution is 0.137. The number of nitrogens with zero attached hydrogens (tertiary/aromatic N) is 2. The minimum atomic E-state index is -0.111. The van der Waals surface area contributed by atoms with Gasteiger partial charge in [-0.25, -0.2) is 9.78 Å². The van der Waals surface area contributed by atoms with E-state index in [4.69, 9.17) is 0 Å². The number of thiazole rings is 1. The number of hydrogen-bond donors (Lipinski definition) is 2. The molecular formula is C15H26N4OS. The van der Waals surface area contributed by atoms with Crippen molar-refractivity contribution < 1.29 is 4.79 Å². The molecule has 0 aliphatic carbocycles. The second-order valence-corrected chi connectivity index (χ2v) is 6.98. The standard InChI is InChI=1S/C15H26N4OS/c1-11-5-4-6-19(9-11)13(3)7-16-15(20)17-8-14-18-12(2)10-21-14/h10-11,13H,4-9H2,1-3H3,(H2,16,17,20)/t11-,13+/m1/s1. The summed E-state index contributed by atoms with van der Waals surface area (Å²) in [7, 11) is 0. The molecular weight excluding hydrogens is 284 g/mol. The average Bonchev–Trinajstić information content (AvgIpc) is 2.88. The highest BCUT2D eigenvalue weighted by atomic mass is 32.1. The van der Waals surface area contributed by atoms with Crippen LogP contribution >= 0.6 is 11.3 Å². The van der Waals surface area contributed by atoms with E-state index in [2.05, 4.69) is 34.4 Å². The predicted octanol–water partition coefficient (Wildman–Crippen LogP) is 2.37. The van der Waals surface area contributed by atoms with E-state index in [-0.39, 0.29) is 6.03 Å². The van der Waals surface area contributed by atoms with Crippen LogP contribution in [0.15, 0.2) is 5.38 Å². The Hall–Kier alpha value is -1.14. The number of rotatable bonds is 5. The van der Waals surface area contributed by atoms with Crippen molar-refractivity contribution in [3.05, 3.63) is 16.1 Å². The molecule has 1 aliphatic rings. The van der Waals surface area contributed by atoms with Gasteiger partial charge in [-0.15, -0.1) is 11.3 Å². The lowest BCUT2D eigenvalue weighted by atomic mass is 9.99. The third-order valence-electron chi connectivity index (χ3n) is 3.94. The van der Waals surface area contributed by atoms with Gasteiger partial charge in [0.1, 0.15) is 5.01 Å². The lowest BCUT2D eigenvalue weighted by Gasteiger charge is -2.35. The van der Waals surface area contributed by atoms with E-state index >= 15 is 0 Å². The summed E-state index contributed by atoms with van der Waals surface area (Å²) >= 11 is 1.58. The van der Waals surface area contributed by atoms with Crippen LogP contribution in [0.25, 0.3) is 0 Å². The zero-order valence-electron chi connectivity index (χ0n) is 13.2. The van der Waals surface area contributed by atoms with Crippen LogP contribution in [0.1, 0.15) is 37.4 Å². The van der Waals surface area contributed by atoms with Gasteiger partial charge in [-0.1, -0.05) is 6.92 Å². The van der Waals surface area contributed by atoms with E-state index in [0.717, 1.165) is 29.7 Å². The van der Waals surface area contributed by atoms with Crippen LogP contribution in [0.2, 0.25) is 0 Å². The number of aryl methyl sites for hydroxylation is 1. The summed E-state index contributed by atoms with van der Waals surface area (Å²) in [5.41, 5.74) is 1.00. The molecule has 6 heteroatoms. The van der Waals surface area contributed by atoms with Gasteiger partial charge >= 0.3 is 6.03 Å². The summed E-state index contributed by atoms with van der Waals surface area (Å²) in [5, 5.41) is 8.75. The third kappa shape index (κ3) is 5.28. The first-order chi connectivity index (χ1) is 10.0.